The lowest BCUT2D eigenvalue weighted by Gasteiger charge is -2.39. The number of likely N-dealkylation sites (tertiary alicyclic amines) is 1. The normalized spacial score (nSPS) is 25.0. The number of nitrogens with zero attached hydrogens (tertiary/aromatic N) is 2. The van der Waals surface area contributed by atoms with Crippen molar-refractivity contribution in [1.82, 2.24) is 9.80 Å². The second-order valence-electron chi connectivity index (χ2n) is 8.03. The second-order valence-corrected chi connectivity index (χ2v) is 8.03. The zero-order valence-corrected chi connectivity index (χ0v) is 15.4. The van der Waals surface area contributed by atoms with E-state index in [2.05, 4.69) is 0 Å². The SMILES string of the molecule is NCC1(CC(=O)N2CCC(C(=O)N3CCOCC3)CC2)CCCCC1. The van der Waals surface area contributed by atoms with Gasteiger partial charge in [0.15, 0.2) is 0 Å². The first-order valence-corrected chi connectivity index (χ1v) is 9.98. The molecular weight excluding hydrogens is 318 g/mol. The molecule has 2 N–H and O–H groups in total. The Bertz CT molecular complexity index is 463. The minimum Gasteiger partial charge on any atom is -0.378 e. The van der Waals surface area contributed by atoms with E-state index in [1.54, 1.807) is 0 Å². The number of amides is 2. The summed E-state index contributed by atoms with van der Waals surface area (Å²) in [5.41, 5.74) is 6.05. The molecule has 3 rings (SSSR count). The molecule has 0 spiro atoms. The van der Waals surface area contributed by atoms with Crippen LogP contribution in [0.4, 0.5) is 0 Å². The maximum absolute atomic E-state index is 12.8. The number of hydrogen-bond donors (Lipinski definition) is 1. The van der Waals surface area contributed by atoms with E-state index in [0.29, 0.717) is 52.4 Å². The Morgan fingerprint density at radius 3 is 2.20 bits per heavy atom. The molecular formula is C19H33N3O3. The van der Waals surface area contributed by atoms with E-state index in [1.165, 1.54) is 19.3 Å². The highest BCUT2D eigenvalue weighted by atomic mass is 16.5. The van der Waals surface area contributed by atoms with E-state index < -0.39 is 0 Å². The zero-order valence-electron chi connectivity index (χ0n) is 15.4. The molecule has 2 heterocycles. The summed E-state index contributed by atoms with van der Waals surface area (Å²) in [5.74, 6) is 0.561. The standard InChI is InChI=1S/C19H33N3O3/c20-15-19(6-2-1-3-7-19)14-17(23)21-8-4-16(5-9-21)18(24)22-10-12-25-13-11-22/h16H,1-15,20H2. The molecule has 3 aliphatic rings. The quantitative estimate of drug-likeness (QED) is 0.830. The van der Waals surface area contributed by atoms with Gasteiger partial charge >= 0.3 is 0 Å². The molecule has 2 aliphatic heterocycles. The summed E-state index contributed by atoms with van der Waals surface area (Å²) < 4.78 is 5.32. The van der Waals surface area contributed by atoms with Gasteiger partial charge in [-0.1, -0.05) is 19.3 Å². The van der Waals surface area contributed by atoms with E-state index in [-0.39, 0.29) is 23.1 Å². The molecule has 0 bridgehead atoms. The molecule has 1 aliphatic carbocycles. The van der Waals surface area contributed by atoms with Crippen LogP contribution >= 0.6 is 0 Å². The van der Waals surface area contributed by atoms with Gasteiger partial charge in [0, 0.05) is 38.5 Å². The van der Waals surface area contributed by atoms with Gasteiger partial charge in [0.25, 0.3) is 0 Å². The highest BCUT2D eigenvalue weighted by molar-refractivity contribution is 5.80. The molecule has 2 amide bonds. The molecule has 0 aromatic heterocycles. The number of piperidine rings is 1. The number of nitrogens with two attached hydrogens (primary N) is 1. The van der Waals surface area contributed by atoms with Crippen molar-refractivity contribution in [3.63, 3.8) is 0 Å². The van der Waals surface area contributed by atoms with Crippen LogP contribution in [-0.2, 0) is 14.3 Å². The first-order valence-electron chi connectivity index (χ1n) is 9.98. The van der Waals surface area contributed by atoms with Crippen molar-refractivity contribution in [3.05, 3.63) is 0 Å². The van der Waals surface area contributed by atoms with Crippen molar-refractivity contribution >= 4 is 11.8 Å². The van der Waals surface area contributed by atoms with Gasteiger partial charge in [-0.05, 0) is 37.6 Å². The number of ether oxygens (including phenoxy) is 1. The molecule has 0 radical (unpaired) electrons. The summed E-state index contributed by atoms with van der Waals surface area (Å²) in [7, 11) is 0. The molecule has 0 atom stereocenters. The van der Waals surface area contributed by atoms with Crippen LogP contribution < -0.4 is 5.73 Å². The predicted molar refractivity (Wildman–Crippen MR) is 95.9 cm³/mol. The average Bonchev–Trinajstić information content (AvgIpc) is 2.69. The molecule has 6 heteroatoms. The first-order chi connectivity index (χ1) is 12.1. The van der Waals surface area contributed by atoms with Crippen molar-refractivity contribution in [2.45, 2.75) is 51.4 Å². The van der Waals surface area contributed by atoms with Gasteiger partial charge in [0.1, 0.15) is 0 Å². The largest absolute Gasteiger partial charge is 0.378 e. The molecule has 0 aromatic rings. The van der Waals surface area contributed by atoms with E-state index in [0.717, 1.165) is 25.7 Å². The van der Waals surface area contributed by atoms with Crippen molar-refractivity contribution in [1.29, 1.82) is 0 Å². The van der Waals surface area contributed by atoms with Crippen LogP contribution in [0.1, 0.15) is 51.4 Å². The smallest absolute Gasteiger partial charge is 0.225 e. The molecule has 0 aromatic carbocycles. The molecule has 6 nitrogen and oxygen atoms in total. The molecule has 1 saturated carbocycles. The highest BCUT2D eigenvalue weighted by Gasteiger charge is 2.36. The third kappa shape index (κ3) is 4.53. The maximum Gasteiger partial charge on any atom is 0.225 e. The van der Waals surface area contributed by atoms with Crippen molar-refractivity contribution in [3.8, 4) is 0 Å². The Labute approximate surface area is 151 Å². The fourth-order valence-corrected chi connectivity index (χ4v) is 4.61. The average molecular weight is 351 g/mol. The monoisotopic (exact) mass is 351 g/mol. The lowest BCUT2D eigenvalue weighted by molar-refractivity contribution is -0.144. The summed E-state index contributed by atoms with van der Waals surface area (Å²) in [5, 5.41) is 0. The Morgan fingerprint density at radius 2 is 1.60 bits per heavy atom. The number of carbonyl (C=O) groups is 2. The third-order valence-corrected chi connectivity index (χ3v) is 6.39. The molecule has 142 valence electrons. The van der Waals surface area contributed by atoms with Gasteiger partial charge in [-0.2, -0.15) is 0 Å². The van der Waals surface area contributed by atoms with Crippen LogP contribution in [-0.4, -0.2) is 67.6 Å². The summed E-state index contributed by atoms with van der Waals surface area (Å²) in [6.07, 6.45) is 8.00. The van der Waals surface area contributed by atoms with E-state index in [1.807, 2.05) is 9.80 Å². The van der Waals surface area contributed by atoms with E-state index in [9.17, 15) is 9.59 Å². The fraction of sp³-hybridized carbons (Fsp3) is 0.895. The van der Waals surface area contributed by atoms with E-state index in [4.69, 9.17) is 10.5 Å². The number of morpholine rings is 1. The number of rotatable bonds is 4. The zero-order chi connectivity index (χ0) is 17.7. The Kier molecular flexibility index (Phi) is 6.34. The van der Waals surface area contributed by atoms with Crippen LogP contribution in [0.25, 0.3) is 0 Å². The Morgan fingerprint density at radius 1 is 0.960 bits per heavy atom. The van der Waals surface area contributed by atoms with Crippen molar-refractivity contribution in [2.75, 3.05) is 45.9 Å². The van der Waals surface area contributed by atoms with Crippen LogP contribution in [0.2, 0.25) is 0 Å². The van der Waals surface area contributed by atoms with Gasteiger partial charge in [-0.25, -0.2) is 0 Å². The molecule has 0 unspecified atom stereocenters. The number of hydrogen-bond acceptors (Lipinski definition) is 4. The van der Waals surface area contributed by atoms with Gasteiger partial charge in [0.05, 0.1) is 13.2 Å². The molecule has 25 heavy (non-hydrogen) atoms. The minimum absolute atomic E-state index is 0.0236. The van der Waals surface area contributed by atoms with Gasteiger partial charge in [-0.15, -0.1) is 0 Å². The third-order valence-electron chi connectivity index (χ3n) is 6.39. The predicted octanol–water partition coefficient (Wildman–Crippen LogP) is 1.38. The van der Waals surface area contributed by atoms with Crippen LogP contribution in [0.15, 0.2) is 0 Å². The van der Waals surface area contributed by atoms with Crippen LogP contribution in [0.3, 0.4) is 0 Å². The number of carbonyl (C=O) groups excluding carboxylic acids is 2. The van der Waals surface area contributed by atoms with Crippen LogP contribution in [0, 0.1) is 11.3 Å². The topological polar surface area (TPSA) is 75.9 Å². The van der Waals surface area contributed by atoms with Gasteiger partial charge in [0.2, 0.25) is 11.8 Å². The molecule has 2 saturated heterocycles. The second kappa shape index (κ2) is 8.49. The first kappa shape index (κ1) is 18.6. The molecule has 3 fully saturated rings. The van der Waals surface area contributed by atoms with Crippen molar-refractivity contribution < 1.29 is 14.3 Å². The summed E-state index contributed by atoms with van der Waals surface area (Å²) >= 11 is 0. The van der Waals surface area contributed by atoms with E-state index >= 15 is 0 Å². The van der Waals surface area contributed by atoms with Gasteiger partial charge < -0.3 is 20.3 Å². The van der Waals surface area contributed by atoms with Crippen molar-refractivity contribution in [2.24, 2.45) is 17.1 Å². The van der Waals surface area contributed by atoms with Gasteiger partial charge in [-0.3, -0.25) is 9.59 Å². The lowest BCUT2D eigenvalue weighted by atomic mass is 9.71. The minimum atomic E-state index is 0.0236. The van der Waals surface area contributed by atoms with Crippen LogP contribution in [0.5, 0.6) is 0 Å². The summed E-state index contributed by atoms with van der Waals surface area (Å²) in [6.45, 7) is 4.73. The lowest BCUT2D eigenvalue weighted by Crippen LogP contribution is -2.48. The fourth-order valence-electron chi connectivity index (χ4n) is 4.61. The Hall–Kier alpha value is -1.14. The summed E-state index contributed by atoms with van der Waals surface area (Å²) in [6, 6.07) is 0. The maximum atomic E-state index is 12.8. The Balaban J connectivity index is 1.48. The summed E-state index contributed by atoms with van der Waals surface area (Å²) in [4.78, 5) is 29.3. The highest BCUT2D eigenvalue weighted by Crippen LogP contribution is 2.39.